The first-order valence-corrected chi connectivity index (χ1v) is 5.14. The summed E-state index contributed by atoms with van der Waals surface area (Å²) in [5.74, 6) is -0.901. The van der Waals surface area contributed by atoms with Gasteiger partial charge in [-0.1, -0.05) is 0 Å². The molecule has 16 heavy (non-hydrogen) atoms. The van der Waals surface area contributed by atoms with E-state index >= 15 is 0 Å². The second-order valence-corrected chi connectivity index (χ2v) is 3.14. The summed E-state index contributed by atoms with van der Waals surface area (Å²) in [6.07, 6.45) is 1.46. The Morgan fingerprint density at radius 2 is 1.75 bits per heavy atom. The number of carbonyl (C=O) groups excluding carboxylic acids is 2. The minimum absolute atomic E-state index is 0.296. The van der Waals surface area contributed by atoms with Gasteiger partial charge in [0.05, 0.1) is 18.8 Å². The maximum Gasteiger partial charge on any atom is 0.355 e. The lowest BCUT2D eigenvalue weighted by Gasteiger charge is -2.02. The van der Waals surface area contributed by atoms with Crippen LogP contribution in [0, 0.1) is 6.92 Å². The van der Waals surface area contributed by atoms with Gasteiger partial charge in [0.1, 0.15) is 5.69 Å². The fourth-order valence-electron chi connectivity index (χ4n) is 1.33. The van der Waals surface area contributed by atoms with Gasteiger partial charge in [0.15, 0.2) is 0 Å². The van der Waals surface area contributed by atoms with Crippen LogP contribution in [0.1, 0.15) is 40.3 Å². The van der Waals surface area contributed by atoms with Gasteiger partial charge in [-0.05, 0) is 26.3 Å². The van der Waals surface area contributed by atoms with E-state index in [2.05, 4.69) is 4.98 Å². The second kappa shape index (κ2) is 5.34. The summed E-state index contributed by atoms with van der Waals surface area (Å²) in [6, 6.07) is 0. The number of aromatic amines is 1. The van der Waals surface area contributed by atoms with Crippen LogP contribution in [0.4, 0.5) is 0 Å². The molecule has 1 N–H and O–H groups in total. The highest BCUT2D eigenvalue weighted by molar-refractivity contribution is 5.97. The predicted octanol–water partition coefficient (Wildman–Crippen LogP) is 1.68. The summed E-state index contributed by atoms with van der Waals surface area (Å²) in [7, 11) is 0. The molecule has 0 amide bonds. The van der Waals surface area contributed by atoms with Gasteiger partial charge in [0, 0.05) is 6.20 Å². The van der Waals surface area contributed by atoms with Gasteiger partial charge >= 0.3 is 11.9 Å². The number of rotatable bonds is 4. The van der Waals surface area contributed by atoms with E-state index in [1.54, 1.807) is 20.8 Å². The zero-order valence-electron chi connectivity index (χ0n) is 9.62. The number of ether oxygens (including phenoxy) is 2. The standard InChI is InChI=1S/C11H15NO4/c1-4-15-10(13)8-6-12-9(7(8)3)11(14)16-5-2/h6,12H,4-5H2,1-3H3. The molecule has 0 radical (unpaired) electrons. The van der Waals surface area contributed by atoms with Gasteiger partial charge in [0.2, 0.25) is 0 Å². The maximum atomic E-state index is 11.5. The van der Waals surface area contributed by atoms with Crippen LogP contribution >= 0.6 is 0 Å². The summed E-state index contributed by atoms with van der Waals surface area (Å²) >= 11 is 0. The molecule has 88 valence electrons. The number of aromatic nitrogens is 1. The Bertz CT molecular complexity index is 359. The molecule has 0 unspecified atom stereocenters. The summed E-state index contributed by atoms with van der Waals surface area (Å²) in [5, 5.41) is 0. The quantitative estimate of drug-likeness (QED) is 0.791. The van der Waals surface area contributed by atoms with Crippen molar-refractivity contribution in [1.82, 2.24) is 4.98 Å². The number of nitrogens with one attached hydrogen (secondary N) is 1. The minimum atomic E-state index is -0.462. The SMILES string of the molecule is CCOC(=O)c1c[nH]c(C(=O)OCC)c1C. The summed E-state index contributed by atoms with van der Waals surface area (Å²) in [5.41, 5.74) is 1.21. The molecule has 1 aromatic heterocycles. The average molecular weight is 225 g/mol. The lowest BCUT2D eigenvalue weighted by atomic mass is 10.2. The lowest BCUT2D eigenvalue weighted by molar-refractivity contribution is 0.0518. The van der Waals surface area contributed by atoms with Gasteiger partial charge in [0.25, 0.3) is 0 Å². The first-order valence-electron chi connectivity index (χ1n) is 5.14. The third-order valence-electron chi connectivity index (χ3n) is 2.11. The molecule has 0 atom stereocenters. The highest BCUT2D eigenvalue weighted by atomic mass is 16.5. The van der Waals surface area contributed by atoms with Crippen LogP contribution in [0.3, 0.4) is 0 Å². The van der Waals surface area contributed by atoms with Gasteiger partial charge < -0.3 is 14.5 Å². The van der Waals surface area contributed by atoms with Crippen LogP contribution in [0.15, 0.2) is 6.20 Å². The van der Waals surface area contributed by atoms with Crippen molar-refractivity contribution < 1.29 is 19.1 Å². The molecule has 0 aliphatic rings. The van der Waals surface area contributed by atoms with E-state index in [9.17, 15) is 9.59 Å². The molecule has 0 saturated carbocycles. The molecular formula is C11H15NO4. The van der Waals surface area contributed by atoms with Crippen LogP contribution in [-0.4, -0.2) is 30.1 Å². The third-order valence-corrected chi connectivity index (χ3v) is 2.11. The lowest BCUT2D eigenvalue weighted by Crippen LogP contribution is -2.08. The first-order chi connectivity index (χ1) is 7.61. The molecule has 0 aliphatic carbocycles. The molecular weight excluding hydrogens is 210 g/mol. The molecule has 0 bridgehead atoms. The molecule has 0 saturated heterocycles. The van der Waals surface area contributed by atoms with Crippen molar-refractivity contribution in [3.05, 3.63) is 23.0 Å². The van der Waals surface area contributed by atoms with E-state index in [0.717, 1.165) is 0 Å². The Hall–Kier alpha value is -1.78. The molecule has 1 rings (SSSR count). The molecule has 5 nitrogen and oxygen atoms in total. The van der Waals surface area contributed by atoms with Crippen molar-refractivity contribution in [3.8, 4) is 0 Å². The van der Waals surface area contributed by atoms with Gasteiger partial charge in [-0.2, -0.15) is 0 Å². The van der Waals surface area contributed by atoms with Gasteiger partial charge in [-0.15, -0.1) is 0 Å². The summed E-state index contributed by atoms with van der Waals surface area (Å²) < 4.78 is 9.69. The normalized spacial score (nSPS) is 9.94. The highest BCUT2D eigenvalue weighted by Gasteiger charge is 2.19. The van der Waals surface area contributed by atoms with Crippen LogP contribution in [0.2, 0.25) is 0 Å². The van der Waals surface area contributed by atoms with E-state index in [1.807, 2.05) is 0 Å². The molecule has 5 heteroatoms. The molecule has 0 fully saturated rings. The molecule has 1 heterocycles. The Morgan fingerprint density at radius 1 is 1.19 bits per heavy atom. The predicted molar refractivity (Wildman–Crippen MR) is 57.4 cm³/mol. The minimum Gasteiger partial charge on any atom is -0.462 e. The second-order valence-electron chi connectivity index (χ2n) is 3.14. The number of carbonyl (C=O) groups is 2. The van der Waals surface area contributed by atoms with Crippen LogP contribution in [0.25, 0.3) is 0 Å². The number of hydrogen-bond donors (Lipinski definition) is 1. The van der Waals surface area contributed by atoms with Crippen molar-refractivity contribution in [3.63, 3.8) is 0 Å². The Kier molecular flexibility index (Phi) is 4.10. The molecule has 0 aliphatic heterocycles. The number of esters is 2. The Balaban J connectivity index is 2.92. The highest BCUT2D eigenvalue weighted by Crippen LogP contribution is 2.15. The van der Waals surface area contributed by atoms with Crippen LogP contribution in [-0.2, 0) is 9.47 Å². The molecule has 1 aromatic rings. The maximum absolute atomic E-state index is 11.5. The van der Waals surface area contributed by atoms with Gasteiger partial charge in [-0.3, -0.25) is 0 Å². The topological polar surface area (TPSA) is 68.4 Å². The number of hydrogen-bond acceptors (Lipinski definition) is 4. The van der Waals surface area contributed by atoms with E-state index < -0.39 is 11.9 Å². The largest absolute Gasteiger partial charge is 0.462 e. The van der Waals surface area contributed by atoms with Crippen molar-refractivity contribution in [1.29, 1.82) is 0 Å². The van der Waals surface area contributed by atoms with Crippen LogP contribution in [0.5, 0.6) is 0 Å². The van der Waals surface area contributed by atoms with Crippen molar-refractivity contribution >= 4 is 11.9 Å². The number of H-pyrrole nitrogens is 1. The first kappa shape index (κ1) is 12.3. The van der Waals surface area contributed by atoms with E-state index in [-0.39, 0.29) is 0 Å². The fourth-order valence-corrected chi connectivity index (χ4v) is 1.33. The third kappa shape index (κ3) is 2.42. The Labute approximate surface area is 93.7 Å². The van der Waals surface area contributed by atoms with Crippen molar-refractivity contribution in [2.24, 2.45) is 0 Å². The smallest absolute Gasteiger partial charge is 0.355 e. The van der Waals surface area contributed by atoms with Crippen LogP contribution < -0.4 is 0 Å². The van der Waals surface area contributed by atoms with E-state index in [1.165, 1.54) is 6.20 Å². The van der Waals surface area contributed by atoms with E-state index in [4.69, 9.17) is 9.47 Å². The Morgan fingerprint density at radius 3 is 2.31 bits per heavy atom. The monoisotopic (exact) mass is 225 g/mol. The van der Waals surface area contributed by atoms with Gasteiger partial charge in [-0.25, -0.2) is 9.59 Å². The zero-order valence-corrected chi connectivity index (χ0v) is 9.62. The molecule has 0 aromatic carbocycles. The van der Waals surface area contributed by atoms with E-state index in [0.29, 0.717) is 30.0 Å². The fraction of sp³-hybridized carbons (Fsp3) is 0.455. The average Bonchev–Trinajstić information content (AvgIpc) is 2.61. The summed E-state index contributed by atoms with van der Waals surface area (Å²) in [4.78, 5) is 25.6. The summed E-state index contributed by atoms with van der Waals surface area (Å²) in [6.45, 7) is 5.73. The molecule has 0 spiro atoms. The van der Waals surface area contributed by atoms with Crippen molar-refractivity contribution in [2.75, 3.05) is 13.2 Å². The zero-order chi connectivity index (χ0) is 12.1. The van der Waals surface area contributed by atoms with Crippen molar-refractivity contribution in [2.45, 2.75) is 20.8 Å².